The minimum absolute atomic E-state index is 0.231. The Bertz CT molecular complexity index is 1270. The Labute approximate surface area is 187 Å². The van der Waals surface area contributed by atoms with Gasteiger partial charge in [-0.3, -0.25) is 4.79 Å². The van der Waals surface area contributed by atoms with Gasteiger partial charge in [-0.05, 0) is 54.8 Å². The zero-order valence-electron chi connectivity index (χ0n) is 18.0. The Morgan fingerprint density at radius 2 is 1.81 bits per heavy atom. The molecule has 0 radical (unpaired) electrons. The largest absolute Gasteiger partial charge is 0.422 e. The fourth-order valence-corrected chi connectivity index (χ4v) is 4.30. The third kappa shape index (κ3) is 3.82. The molecule has 0 bridgehead atoms. The van der Waals surface area contributed by atoms with E-state index in [-0.39, 0.29) is 5.91 Å². The van der Waals surface area contributed by atoms with Crippen LogP contribution in [0.2, 0.25) is 0 Å². The summed E-state index contributed by atoms with van der Waals surface area (Å²) >= 11 is 0. The summed E-state index contributed by atoms with van der Waals surface area (Å²) in [4.78, 5) is 32.0. The van der Waals surface area contributed by atoms with Crippen molar-refractivity contribution < 1.29 is 14.3 Å². The number of aliphatic imine (C=N–C) groups is 1. The van der Waals surface area contributed by atoms with Crippen molar-refractivity contribution in [3.8, 4) is 5.75 Å². The molecule has 3 aromatic rings. The van der Waals surface area contributed by atoms with Crippen LogP contribution in [0.1, 0.15) is 47.2 Å². The van der Waals surface area contributed by atoms with Gasteiger partial charge in [0.25, 0.3) is 5.91 Å². The Morgan fingerprint density at radius 1 is 1.00 bits per heavy atom. The van der Waals surface area contributed by atoms with Gasteiger partial charge in [0.1, 0.15) is 17.3 Å². The van der Waals surface area contributed by atoms with Crippen molar-refractivity contribution in [2.75, 3.05) is 6.54 Å². The third-order valence-electron chi connectivity index (χ3n) is 6.04. The van der Waals surface area contributed by atoms with Gasteiger partial charge >= 0.3 is 5.97 Å². The Hall–Kier alpha value is -3.73. The number of benzene rings is 3. The highest BCUT2D eigenvalue weighted by molar-refractivity contribution is 6.14. The molecule has 1 saturated heterocycles. The lowest BCUT2D eigenvalue weighted by Gasteiger charge is -2.19. The maximum absolute atomic E-state index is 12.8. The fraction of sp³-hybridized carbons (Fsp3) is 0.222. The minimum atomic E-state index is -0.426. The van der Waals surface area contributed by atoms with E-state index < -0.39 is 5.97 Å². The molecule has 0 aliphatic carbocycles. The molecule has 3 aromatic carbocycles. The normalized spacial score (nSPS) is 17.3. The smallest absolute Gasteiger partial charge is 0.343 e. The lowest BCUT2D eigenvalue weighted by Crippen LogP contribution is -2.26. The zero-order chi connectivity index (χ0) is 22.1. The highest BCUT2D eigenvalue weighted by atomic mass is 16.5. The second-order valence-electron chi connectivity index (χ2n) is 8.28. The molecule has 0 unspecified atom stereocenters. The number of carbonyl (C=O) groups excluding carboxylic acids is 2. The van der Waals surface area contributed by atoms with Gasteiger partial charge in [-0.1, -0.05) is 54.4 Å². The summed E-state index contributed by atoms with van der Waals surface area (Å²) in [6.07, 6.45) is 5.85. The SMILES string of the molecule is Cc1ccc(C(=O)Oc2ccc3ccccc3c2/C=C2/C(=O)N=C3CCCCCN32)cc1. The number of esters is 1. The van der Waals surface area contributed by atoms with E-state index in [2.05, 4.69) is 4.99 Å². The van der Waals surface area contributed by atoms with Crippen LogP contribution in [0, 0.1) is 6.92 Å². The van der Waals surface area contributed by atoms with Gasteiger partial charge < -0.3 is 9.64 Å². The van der Waals surface area contributed by atoms with E-state index >= 15 is 0 Å². The first kappa shape index (κ1) is 20.2. The molecule has 160 valence electrons. The topological polar surface area (TPSA) is 59.0 Å². The average molecular weight is 425 g/mol. The van der Waals surface area contributed by atoms with Gasteiger partial charge in [-0.2, -0.15) is 4.99 Å². The van der Waals surface area contributed by atoms with Crippen molar-refractivity contribution in [2.24, 2.45) is 4.99 Å². The van der Waals surface area contributed by atoms with E-state index in [1.165, 1.54) is 0 Å². The van der Waals surface area contributed by atoms with Crippen molar-refractivity contribution in [2.45, 2.75) is 32.6 Å². The van der Waals surface area contributed by atoms with Crippen LogP contribution >= 0.6 is 0 Å². The van der Waals surface area contributed by atoms with Crippen molar-refractivity contribution in [1.29, 1.82) is 0 Å². The van der Waals surface area contributed by atoms with Crippen LogP contribution < -0.4 is 4.74 Å². The van der Waals surface area contributed by atoms with Gasteiger partial charge in [0.05, 0.1) is 5.56 Å². The molecule has 1 amide bonds. The van der Waals surface area contributed by atoms with Gasteiger partial charge in [0, 0.05) is 18.5 Å². The standard InChI is InChI=1S/C27H24N2O3/c1-18-10-12-20(13-11-18)27(31)32-24-15-14-19-7-4-5-8-21(19)22(24)17-23-26(30)28-25-9-3-2-6-16-29(23)25/h4-5,7-8,10-15,17H,2-3,6,9,16H2,1H3/b23-17-. The first-order valence-corrected chi connectivity index (χ1v) is 11.0. The number of amidine groups is 1. The predicted octanol–water partition coefficient (Wildman–Crippen LogP) is 5.52. The van der Waals surface area contributed by atoms with E-state index in [0.717, 1.165) is 54.4 Å². The maximum atomic E-state index is 12.8. The van der Waals surface area contributed by atoms with Crippen LogP contribution in [0.4, 0.5) is 0 Å². The molecule has 0 atom stereocenters. The van der Waals surface area contributed by atoms with Crippen LogP contribution in [0.15, 0.2) is 71.4 Å². The molecule has 2 aliphatic rings. The number of aryl methyl sites for hydroxylation is 1. The Morgan fingerprint density at radius 3 is 2.66 bits per heavy atom. The second-order valence-corrected chi connectivity index (χ2v) is 8.28. The van der Waals surface area contributed by atoms with E-state index in [1.807, 2.05) is 60.4 Å². The average Bonchev–Trinajstić information content (AvgIpc) is 2.95. The molecule has 32 heavy (non-hydrogen) atoms. The number of hydrogen-bond acceptors (Lipinski definition) is 4. The molecular weight excluding hydrogens is 400 g/mol. The predicted molar refractivity (Wildman–Crippen MR) is 126 cm³/mol. The van der Waals surface area contributed by atoms with Crippen LogP contribution in [0.3, 0.4) is 0 Å². The highest BCUT2D eigenvalue weighted by Gasteiger charge is 2.30. The van der Waals surface area contributed by atoms with Crippen LogP contribution in [0.25, 0.3) is 16.8 Å². The molecule has 5 rings (SSSR count). The van der Waals surface area contributed by atoms with Gasteiger partial charge in [0.15, 0.2) is 0 Å². The molecule has 2 heterocycles. The molecule has 5 heteroatoms. The second kappa shape index (κ2) is 8.42. The lowest BCUT2D eigenvalue weighted by atomic mass is 10.0. The zero-order valence-corrected chi connectivity index (χ0v) is 18.0. The van der Waals surface area contributed by atoms with Crippen LogP contribution in [-0.2, 0) is 4.79 Å². The van der Waals surface area contributed by atoms with Gasteiger partial charge in [0.2, 0.25) is 0 Å². The molecular formula is C27H24N2O3. The highest BCUT2D eigenvalue weighted by Crippen LogP contribution is 2.33. The molecule has 0 saturated carbocycles. The fourth-order valence-electron chi connectivity index (χ4n) is 4.30. The summed E-state index contributed by atoms with van der Waals surface area (Å²) in [5.41, 5.74) is 2.82. The molecule has 5 nitrogen and oxygen atoms in total. The summed E-state index contributed by atoms with van der Waals surface area (Å²) in [6.45, 7) is 2.75. The number of rotatable bonds is 3. The Kier molecular flexibility index (Phi) is 5.31. The molecule has 2 aliphatic heterocycles. The third-order valence-corrected chi connectivity index (χ3v) is 6.04. The van der Waals surface area contributed by atoms with E-state index in [0.29, 0.717) is 22.6 Å². The summed E-state index contributed by atoms with van der Waals surface area (Å²) in [6, 6.07) is 18.9. The van der Waals surface area contributed by atoms with Gasteiger partial charge in [-0.25, -0.2) is 4.79 Å². The summed E-state index contributed by atoms with van der Waals surface area (Å²) < 4.78 is 5.84. The number of nitrogens with zero attached hydrogens (tertiary/aromatic N) is 2. The number of ether oxygens (including phenoxy) is 1. The number of hydrogen-bond donors (Lipinski definition) is 0. The maximum Gasteiger partial charge on any atom is 0.343 e. The number of carbonyl (C=O) groups is 2. The van der Waals surface area contributed by atoms with Crippen LogP contribution in [-0.4, -0.2) is 29.2 Å². The summed E-state index contributed by atoms with van der Waals surface area (Å²) in [7, 11) is 0. The van der Waals surface area contributed by atoms with Gasteiger partial charge in [-0.15, -0.1) is 0 Å². The molecule has 1 fully saturated rings. The van der Waals surface area contributed by atoms with E-state index in [1.54, 1.807) is 18.2 Å². The Balaban J connectivity index is 1.58. The van der Waals surface area contributed by atoms with Crippen molar-refractivity contribution in [3.63, 3.8) is 0 Å². The summed E-state index contributed by atoms with van der Waals surface area (Å²) in [5, 5.41) is 1.93. The lowest BCUT2D eigenvalue weighted by molar-refractivity contribution is -0.114. The summed E-state index contributed by atoms with van der Waals surface area (Å²) in [5.74, 6) is 0.616. The quantitative estimate of drug-likeness (QED) is 0.315. The van der Waals surface area contributed by atoms with Crippen molar-refractivity contribution in [1.82, 2.24) is 4.90 Å². The van der Waals surface area contributed by atoms with E-state index in [9.17, 15) is 9.59 Å². The van der Waals surface area contributed by atoms with Crippen LogP contribution in [0.5, 0.6) is 5.75 Å². The first-order valence-electron chi connectivity index (χ1n) is 11.0. The number of fused-ring (bicyclic) bond motifs is 2. The minimum Gasteiger partial charge on any atom is -0.422 e. The first-order chi connectivity index (χ1) is 15.6. The molecule has 0 N–H and O–H groups in total. The molecule has 0 aromatic heterocycles. The van der Waals surface area contributed by atoms with Crippen molar-refractivity contribution in [3.05, 3.63) is 83.1 Å². The monoisotopic (exact) mass is 424 g/mol. The molecule has 0 spiro atoms. The van der Waals surface area contributed by atoms with Crippen molar-refractivity contribution >= 4 is 34.6 Å². The van der Waals surface area contributed by atoms with E-state index in [4.69, 9.17) is 4.74 Å². The number of amides is 1.